The second-order valence-electron chi connectivity index (χ2n) is 2.43. The van der Waals surface area contributed by atoms with Gasteiger partial charge in [0, 0.05) is 6.54 Å². The Morgan fingerprint density at radius 1 is 1.62 bits per heavy atom. The van der Waals surface area contributed by atoms with Crippen LogP contribution in [0.25, 0.3) is 0 Å². The Kier molecular flexibility index (Phi) is 9.70. The van der Waals surface area contributed by atoms with Crippen LogP contribution >= 0.6 is 0 Å². The summed E-state index contributed by atoms with van der Waals surface area (Å²) >= 11 is 0. The predicted molar refractivity (Wildman–Crippen MR) is 51.9 cm³/mol. The molecule has 13 heavy (non-hydrogen) atoms. The number of carboxylic acids is 1. The average molecular weight is 198 g/mol. The first-order valence-corrected chi connectivity index (χ1v) is 3.60. The zero-order valence-corrected chi connectivity index (χ0v) is 6.71. The van der Waals surface area contributed by atoms with Gasteiger partial charge in [-0.05, 0) is 12.8 Å². The van der Waals surface area contributed by atoms with E-state index in [0.29, 0.717) is 19.4 Å². The second-order valence-corrected chi connectivity index (χ2v) is 2.43. The van der Waals surface area contributed by atoms with Crippen molar-refractivity contribution in [3.05, 3.63) is 0 Å². The number of hydrogen-bond donors (Lipinski definition) is 5. The van der Waals surface area contributed by atoms with Crippen LogP contribution < -0.4 is 16.8 Å². The van der Waals surface area contributed by atoms with Crippen LogP contribution in [-0.4, -0.2) is 59.2 Å². The Morgan fingerprint density at radius 2 is 2.15 bits per heavy atom. The quantitative estimate of drug-likeness (QED) is 0.151. The molecular formula is C6H15N4NaO2. The average Bonchev–Trinajstić information content (AvgIpc) is 1.97. The molecule has 72 valence electrons. The second kappa shape index (κ2) is 8.31. The van der Waals surface area contributed by atoms with Crippen molar-refractivity contribution in [2.24, 2.45) is 11.5 Å². The molecule has 1 atom stereocenters. The van der Waals surface area contributed by atoms with E-state index in [0.717, 1.165) is 0 Å². The summed E-state index contributed by atoms with van der Waals surface area (Å²) in [7, 11) is 0. The Morgan fingerprint density at radius 3 is 2.54 bits per heavy atom. The monoisotopic (exact) mass is 198 g/mol. The van der Waals surface area contributed by atoms with Crippen LogP contribution in [0.3, 0.4) is 0 Å². The van der Waals surface area contributed by atoms with Crippen molar-refractivity contribution >= 4 is 41.5 Å². The number of aliphatic carboxylic acids is 1. The molecule has 0 amide bonds. The van der Waals surface area contributed by atoms with Crippen LogP contribution in [0.15, 0.2) is 0 Å². The van der Waals surface area contributed by atoms with Crippen molar-refractivity contribution in [2.45, 2.75) is 18.9 Å². The molecule has 0 aromatic heterocycles. The Labute approximate surface area is 98.8 Å². The van der Waals surface area contributed by atoms with E-state index >= 15 is 0 Å². The number of carbonyl (C=O) groups is 1. The summed E-state index contributed by atoms with van der Waals surface area (Å²) in [6, 6.07) is -0.821. The molecule has 1 unspecified atom stereocenters. The standard InChI is InChI=1S/C6H14N4O2.Na.H/c7-4(5(11)12)2-1-3-10-6(8)9;;/h4H,1-3,7H2,(H,11,12)(H4,8,9,10);;. The molecule has 0 saturated heterocycles. The fraction of sp³-hybridized carbons (Fsp3) is 0.667. The number of hydrogen-bond acceptors (Lipinski definition) is 3. The predicted octanol–water partition coefficient (Wildman–Crippen LogP) is -1.99. The summed E-state index contributed by atoms with van der Waals surface area (Å²) in [4.78, 5) is 10.2. The third kappa shape index (κ3) is 9.62. The molecule has 0 aromatic rings. The van der Waals surface area contributed by atoms with Gasteiger partial charge in [0.25, 0.3) is 0 Å². The van der Waals surface area contributed by atoms with Crippen LogP contribution in [0, 0.1) is 5.41 Å². The molecule has 7 N–H and O–H groups in total. The maximum absolute atomic E-state index is 10.2. The third-order valence-corrected chi connectivity index (χ3v) is 1.32. The number of rotatable bonds is 5. The van der Waals surface area contributed by atoms with Gasteiger partial charge in [-0.1, -0.05) is 0 Å². The van der Waals surface area contributed by atoms with Gasteiger partial charge in [0.05, 0.1) is 0 Å². The molecule has 6 nitrogen and oxygen atoms in total. The van der Waals surface area contributed by atoms with Gasteiger partial charge in [-0.25, -0.2) is 0 Å². The van der Waals surface area contributed by atoms with Crippen LogP contribution in [0.1, 0.15) is 12.8 Å². The first-order chi connectivity index (χ1) is 5.54. The summed E-state index contributed by atoms with van der Waals surface area (Å²) in [6.07, 6.45) is 0.975. The Balaban J connectivity index is 0. The molecule has 0 aliphatic carbocycles. The van der Waals surface area contributed by atoms with E-state index in [1.54, 1.807) is 0 Å². The minimum atomic E-state index is -1.00. The van der Waals surface area contributed by atoms with E-state index in [2.05, 4.69) is 5.32 Å². The first-order valence-electron chi connectivity index (χ1n) is 3.60. The molecule has 0 bridgehead atoms. The van der Waals surface area contributed by atoms with E-state index < -0.39 is 12.0 Å². The van der Waals surface area contributed by atoms with Crippen molar-refractivity contribution in [3.63, 3.8) is 0 Å². The molecule has 0 radical (unpaired) electrons. The van der Waals surface area contributed by atoms with Gasteiger partial charge in [-0.15, -0.1) is 0 Å². The maximum atomic E-state index is 10.2. The summed E-state index contributed by atoms with van der Waals surface area (Å²) in [5.41, 5.74) is 10.2. The van der Waals surface area contributed by atoms with Crippen molar-refractivity contribution in [1.29, 1.82) is 5.41 Å². The van der Waals surface area contributed by atoms with E-state index in [9.17, 15) is 4.79 Å². The van der Waals surface area contributed by atoms with E-state index in [1.165, 1.54) is 0 Å². The summed E-state index contributed by atoms with van der Waals surface area (Å²) in [6.45, 7) is 0.482. The van der Waals surface area contributed by atoms with Crippen LogP contribution in [0.5, 0.6) is 0 Å². The summed E-state index contributed by atoms with van der Waals surface area (Å²) in [5, 5.41) is 17.7. The van der Waals surface area contributed by atoms with Gasteiger partial charge in [0.15, 0.2) is 5.96 Å². The number of nitrogens with one attached hydrogen (secondary N) is 2. The molecule has 0 spiro atoms. The molecule has 0 aliphatic heterocycles. The van der Waals surface area contributed by atoms with E-state index in [-0.39, 0.29) is 35.5 Å². The van der Waals surface area contributed by atoms with Crippen molar-refractivity contribution in [1.82, 2.24) is 5.32 Å². The zero-order valence-electron chi connectivity index (χ0n) is 6.71. The number of nitrogens with two attached hydrogens (primary N) is 2. The Hall–Kier alpha value is -0.300. The molecular weight excluding hydrogens is 183 g/mol. The first kappa shape index (κ1) is 15.2. The van der Waals surface area contributed by atoms with Crippen LogP contribution in [0.4, 0.5) is 0 Å². The zero-order chi connectivity index (χ0) is 9.56. The third-order valence-electron chi connectivity index (χ3n) is 1.32. The van der Waals surface area contributed by atoms with E-state index in [1.807, 2.05) is 0 Å². The molecule has 0 heterocycles. The molecule has 0 aliphatic rings. The SMILES string of the molecule is N=C(N)NCCCC(N)C(=O)O.[NaH]. The molecule has 0 fully saturated rings. The van der Waals surface area contributed by atoms with E-state index in [4.69, 9.17) is 22.0 Å². The summed E-state index contributed by atoms with van der Waals surface area (Å²) < 4.78 is 0. The topological polar surface area (TPSA) is 125 Å². The fourth-order valence-electron chi connectivity index (χ4n) is 0.669. The minimum absolute atomic E-state index is 0. The molecule has 0 saturated carbocycles. The fourth-order valence-corrected chi connectivity index (χ4v) is 0.669. The van der Waals surface area contributed by atoms with Crippen molar-refractivity contribution in [3.8, 4) is 0 Å². The van der Waals surface area contributed by atoms with Crippen LogP contribution in [0.2, 0.25) is 0 Å². The molecule has 0 rings (SSSR count). The summed E-state index contributed by atoms with van der Waals surface area (Å²) in [5.74, 6) is -1.11. The molecule has 0 aromatic carbocycles. The Bertz CT molecular complexity index is 176. The van der Waals surface area contributed by atoms with Gasteiger partial charge < -0.3 is 21.9 Å². The van der Waals surface area contributed by atoms with Crippen LogP contribution in [-0.2, 0) is 4.79 Å². The van der Waals surface area contributed by atoms with Crippen molar-refractivity contribution in [2.75, 3.05) is 6.54 Å². The number of carboxylic acid groups (broad SMARTS) is 1. The van der Waals surface area contributed by atoms with Gasteiger partial charge in [0.2, 0.25) is 0 Å². The van der Waals surface area contributed by atoms with Gasteiger partial charge in [-0.2, -0.15) is 0 Å². The number of guanidine groups is 1. The van der Waals surface area contributed by atoms with Gasteiger partial charge in [-0.3, -0.25) is 10.2 Å². The van der Waals surface area contributed by atoms with Crippen molar-refractivity contribution < 1.29 is 9.90 Å². The molecule has 7 heteroatoms. The van der Waals surface area contributed by atoms with Gasteiger partial charge in [0.1, 0.15) is 6.04 Å². The normalized spacial score (nSPS) is 11.2. The van der Waals surface area contributed by atoms with Gasteiger partial charge >= 0.3 is 35.5 Å².